The number of nitrogen functional groups attached to an aromatic ring is 1. The normalized spacial score (nSPS) is 18.2. The summed E-state index contributed by atoms with van der Waals surface area (Å²) in [4.78, 5) is 22.7. The average molecular weight is 664 g/mol. The molecule has 2 saturated heterocycles. The molecular weight excluding hydrogens is 623 g/mol. The maximum atomic E-state index is 15.0. The van der Waals surface area contributed by atoms with Crippen LogP contribution in [0.15, 0.2) is 54.7 Å². The van der Waals surface area contributed by atoms with Crippen LogP contribution in [0.2, 0.25) is 0 Å². The van der Waals surface area contributed by atoms with Gasteiger partial charge in [-0.15, -0.1) is 0 Å². The Bertz CT molecular complexity index is 1800. The second kappa shape index (κ2) is 13.1. The second-order valence-corrected chi connectivity index (χ2v) is 12.8. The number of esters is 1. The molecule has 13 heteroatoms. The van der Waals surface area contributed by atoms with Crippen LogP contribution in [-0.4, -0.2) is 64.2 Å². The molecular formula is C35H40F3N7O3. The number of nitrogens with two attached hydrogens (primary N) is 1. The summed E-state index contributed by atoms with van der Waals surface area (Å²) in [5.74, 6) is -0.343. The van der Waals surface area contributed by atoms with Gasteiger partial charge >= 0.3 is 12.1 Å². The van der Waals surface area contributed by atoms with Crippen molar-refractivity contribution in [3.05, 3.63) is 77.1 Å². The molecule has 2 atom stereocenters. The molecule has 0 radical (unpaired) electrons. The third-order valence-corrected chi connectivity index (χ3v) is 9.44. The summed E-state index contributed by atoms with van der Waals surface area (Å²) >= 11 is 0. The van der Waals surface area contributed by atoms with Gasteiger partial charge in [-0.3, -0.25) is 4.79 Å². The van der Waals surface area contributed by atoms with E-state index in [0.29, 0.717) is 49.7 Å². The minimum atomic E-state index is -4.82. The molecule has 4 heterocycles. The van der Waals surface area contributed by atoms with Gasteiger partial charge in [-0.25, -0.2) is 4.68 Å². The highest BCUT2D eigenvalue weighted by molar-refractivity contribution is 5.76. The molecule has 2 aliphatic heterocycles. The van der Waals surface area contributed by atoms with Gasteiger partial charge in [0, 0.05) is 37.5 Å². The number of aromatic nitrogens is 4. The first-order valence-corrected chi connectivity index (χ1v) is 16.1. The zero-order chi connectivity index (χ0) is 34.2. The Morgan fingerprint density at radius 1 is 1.04 bits per heavy atom. The van der Waals surface area contributed by atoms with Crippen LogP contribution in [0.3, 0.4) is 0 Å². The van der Waals surface area contributed by atoms with Crippen molar-refractivity contribution in [2.75, 3.05) is 36.9 Å². The number of rotatable bonds is 8. The van der Waals surface area contributed by atoms with Gasteiger partial charge in [0.15, 0.2) is 0 Å². The maximum absolute atomic E-state index is 15.0. The number of benzene rings is 2. The minimum absolute atomic E-state index is 0.0739. The fraction of sp³-hybridized carbons (Fsp3) is 0.429. The fourth-order valence-electron chi connectivity index (χ4n) is 6.62. The van der Waals surface area contributed by atoms with Crippen molar-refractivity contribution < 1.29 is 27.4 Å². The van der Waals surface area contributed by atoms with Gasteiger partial charge < -0.3 is 25.4 Å². The lowest BCUT2D eigenvalue weighted by Crippen LogP contribution is -2.41. The molecule has 3 N–H and O–H groups in total. The average Bonchev–Trinajstić information content (AvgIpc) is 3.67. The van der Waals surface area contributed by atoms with Crippen LogP contribution in [-0.2, 0) is 9.53 Å². The van der Waals surface area contributed by atoms with Crippen LogP contribution >= 0.6 is 0 Å². The summed E-state index contributed by atoms with van der Waals surface area (Å²) in [6.07, 6.45) is -3.39. The number of piperidine rings is 1. The van der Waals surface area contributed by atoms with E-state index in [4.69, 9.17) is 15.2 Å². The lowest BCUT2D eigenvalue weighted by atomic mass is 9.76. The van der Waals surface area contributed by atoms with E-state index in [2.05, 4.69) is 20.4 Å². The number of hydrogen-bond donors (Lipinski definition) is 2. The van der Waals surface area contributed by atoms with Crippen molar-refractivity contribution in [3.8, 4) is 22.7 Å². The monoisotopic (exact) mass is 663 g/mol. The highest BCUT2D eigenvalue weighted by Gasteiger charge is 2.46. The Balaban J connectivity index is 1.30. The van der Waals surface area contributed by atoms with Crippen LogP contribution in [0.5, 0.6) is 5.88 Å². The van der Waals surface area contributed by atoms with Crippen molar-refractivity contribution >= 4 is 17.7 Å². The molecule has 0 bridgehead atoms. The van der Waals surface area contributed by atoms with Gasteiger partial charge in [0.25, 0.3) is 0 Å². The molecule has 48 heavy (non-hydrogen) atoms. The largest absolute Gasteiger partial charge is 0.465 e. The maximum Gasteiger partial charge on any atom is 0.429 e. The highest BCUT2D eigenvalue weighted by atomic mass is 19.4. The number of ether oxygens (including phenoxy) is 2. The van der Waals surface area contributed by atoms with E-state index in [-0.39, 0.29) is 40.5 Å². The molecule has 254 valence electrons. The predicted molar refractivity (Wildman–Crippen MR) is 176 cm³/mol. The van der Waals surface area contributed by atoms with E-state index in [0.717, 1.165) is 29.5 Å². The molecule has 0 unspecified atom stereocenters. The smallest absolute Gasteiger partial charge is 0.429 e. The molecule has 2 fully saturated rings. The van der Waals surface area contributed by atoms with Crippen molar-refractivity contribution in [1.29, 1.82) is 0 Å². The number of anilines is 2. The van der Waals surface area contributed by atoms with Crippen molar-refractivity contribution in [1.82, 2.24) is 25.1 Å². The van der Waals surface area contributed by atoms with Crippen LogP contribution in [0.4, 0.5) is 24.9 Å². The standard InChI is InChI=1S/C35H40F3N7O3/c1-5-47-32(46)27-19-34(20-40-27)11-14-44(15-12-34)29-18-30(42-33(39)41-29)48-31(35(36,37)38)26-17-25(24-7-6-21(2)22(3)16-24)8-9-28(26)45-13-10-23(4)43-45/h6-10,13,16-18,27,31,40H,5,11-12,14-15,19-20H2,1-4H3,(H2,39,41,42)/t27-,31+/m0/s1. The van der Waals surface area contributed by atoms with Crippen molar-refractivity contribution in [2.45, 2.75) is 65.3 Å². The summed E-state index contributed by atoms with van der Waals surface area (Å²) in [6, 6.07) is 13.5. The number of carbonyl (C=O) groups is 1. The molecule has 0 aliphatic carbocycles. The number of nitrogens with one attached hydrogen (secondary N) is 1. The molecule has 1 spiro atoms. The van der Waals surface area contributed by atoms with Crippen molar-refractivity contribution in [3.63, 3.8) is 0 Å². The second-order valence-electron chi connectivity index (χ2n) is 12.8. The summed E-state index contributed by atoms with van der Waals surface area (Å²) in [5.41, 5.74) is 10.2. The zero-order valence-electron chi connectivity index (χ0n) is 27.5. The summed E-state index contributed by atoms with van der Waals surface area (Å²) in [5, 5.41) is 7.69. The Hall–Kier alpha value is -4.65. The highest BCUT2D eigenvalue weighted by Crippen LogP contribution is 2.43. The number of carbonyl (C=O) groups excluding carboxylic acids is 1. The van der Waals surface area contributed by atoms with E-state index >= 15 is 13.2 Å². The molecule has 2 aromatic heterocycles. The van der Waals surface area contributed by atoms with E-state index in [1.54, 1.807) is 38.2 Å². The first-order valence-electron chi connectivity index (χ1n) is 16.1. The molecule has 2 aromatic carbocycles. The third-order valence-electron chi connectivity index (χ3n) is 9.44. The minimum Gasteiger partial charge on any atom is -0.465 e. The van der Waals surface area contributed by atoms with Gasteiger partial charge in [-0.1, -0.05) is 24.3 Å². The van der Waals surface area contributed by atoms with Crippen LogP contribution in [0, 0.1) is 26.2 Å². The SMILES string of the molecule is CCOC(=O)[C@@H]1CC2(CCN(c3cc(O[C@H](c4cc(-c5ccc(C)c(C)c5)ccc4-n4ccc(C)n4)C(F)(F)F)nc(N)n3)CC2)CN1. The Kier molecular flexibility index (Phi) is 9.08. The van der Waals surface area contributed by atoms with Crippen LogP contribution < -0.4 is 20.7 Å². The van der Waals surface area contributed by atoms with Gasteiger partial charge in [-0.05, 0) is 92.8 Å². The van der Waals surface area contributed by atoms with E-state index in [1.807, 2.05) is 36.9 Å². The lowest BCUT2D eigenvalue weighted by molar-refractivity contribution is -0.198. The first kappa shape index (κ1) is 33.3. The molecule has 10 nitrogen and oxygen atoms in total. The van der Waals surface area contributed by atoms with Gasteiger partial charge in [-0.2, -0.15) is 28.2 Å². The van der Waals surface area contributed by atoms with E-state index in [9.17, 15) is 4.79 Å². The molecule has 2 aliphatic rings. The van der Waals surface area contributed by atoms with E-state index < -0.39 is 12.3 Å². The van der Waals surface area contributed by atoms with Crippen molar-refractivity contribution in [2.24, 2.45) is 5.41 Å². The third kappa shape index (κ3) is 6.96. The van der Waals surface area contributed by atoms with Crippen LogP contribution in [0.25, 0.3) is 16.8 Å². The first-order chi connectivity index (χ1) is 22.8. The predicted octanol–water partition coefficient (Wildman–Crippen LogP) is 6.03. The Morgan fingerprint density at radius 3 is 2.44 bits per heavy atom. The number of nitrogens with zero attached hydrogens (tertiary/aromatic N) is 5. The number of hydrogen-bond acceptors (Lipinski definition) is 9. The summed E-state index contributed by atoms with van der Waals surface area (Å²) in [6.45, 7) is 9.68. The Labute approximate surface area is 277 Å². The number of alkyl halides is 3. The summed E-state index contributed by atoms with van der Waals surface area (Å²) in [7, 11) is 0. The zero-order valence-corrected chi connectivity index (χ0v) is 27.5. The fourth-order valence-corrected chi connectivity index (χ4v) is 6.62. The van der Waals surface area contributed by atoms with Gasteiger partial charge in [0.1, 0.15) is 11.9 Å². The topological polar surface area (TPSA) is 120 Å². The molecule has 0 amide bonds. The number of halogens is 3. The Morgan fingerprint density at radius 2 is 1.77 bits per heavy atom. The molecule has 0 saturated carbocycles. The molecule has 4 aromatic rings. The lowest BCUT2D eigenvalue weighted by Gasteiger charge is -2.39. The van der Waals surface area contributed by atoms with E-state index in [1.165, 1.54) is 16.8 Å². The van der Waals surface area contributed by atoms with Gasteiger partial charge in [0.2, 0.25) is 17.9 Å². The van der Waals surface area contributed by atoms with Crippen LogP contribution in [0.1, 0.15) is 54.7 Å². The number of aryl methyl sites for hydroxylation is 3. The molecule has 6 rings (SSSR count). The quantitative estimate of drug-likeness (QED) is 0.218. The van der Waals surface area contributed by atoms with Gasteiger partial charge in [0.05, 0.1) is 18.0 Å². The summed E-state index contributed by atoms with van der Waals surface area (Å²) < 4.78 is 57.4.